The van der Waals surface area contributed by atoms with E-state index in [1.165, 1.54) is 0 Å². The molecule has 0 aliphatic heterocycles. The van der Waals surface area contributed by atoms with Crippen molar-refractivity contribution >= 4 is 29.4 Å². The van der Waals surface area contributed by atoms with Crippen LogP contribution in [-0.2, 0) is 16.0 Å². The number of nitrogens with two attached hydrogens (primary N) is 2. The van der Waals surface area contributed by atoms with Crippen molar-refractivity contribution in [3.05, 3.63) is 35.9 Å². The molecule has 0 aromatic heterocycles. The average molecular weight is 356 g/mol. The monoisotopic (exact) mass is 355 g/mol. The highest BCUT2D eigenvalue weighted by atomic mass is 35.5. The van der Waals surface area contributed by atoms with Gasteiger partial charge >= 0.3 is 5.97 Å². The van der Waals surface area contributed by atoms with E-state index in [9.17, 15) is 14.7 Å². The number of carbonyl (C=O) groups excluding carboxylic acids is 1. The summed E-state index contributed by atoms with van der Waals surface area (Å²) in [7, 11) is 0. The first-order valence-corrected chi connectivity index (χ1v) is 7.78. The lowest BCUT2D eigenvalue weighted by Gasteiger charge is -2.20. The molecular formula is C15H22ClN5O3. The van der Waals surface area contributed by atoms with Crippen LogP contribution in [0.2, 0.25) is 0 Å². The fourth-order valence-electron chi connectivity index (χ4n) is 2.02. The van der Waals surface area contributed by atoms with Crippen molar-refractivity contribution in [1.29, 1.82) is 5.41 Å². The van der Waals surface area contributed by atoms with E-state index in [4.69, 9.17) is 28.5 Å². The topological polar surface area (TPSA) is 154 Å². The molecule has 1 unspecified atom stereocenters. The second kappa shape index (κ2) is 9.74. The van der Waals surface area contributed by atoms with Gasteiger partial charge in [-0.25, -0.2) is 4.79 Å². The number of amides is 1. The van der Waals surface area contributed by atoms with Crippen molar-refractivity contribution in [1.82, 2.24) is 10.6 Å². The summed E-state index contributed by atoms with van der Waals surface area (Å²) in [5, 5.41) is 20.5. The Morgan fingerprint density at radius 2 is 1.92 bits per heavy atom. The Hall–Kier alpha value is -2.32. The molecule has 9 heteroatoms. The molecule has 0 fully saturated rings. The third-order valence-corrected chi connectivity index (χ3v) is 3.59. The molecule has 1 rings (SSSR count). The molecule has 8 N–H and O–H groups in total. The molecule has 1 aromatic carbocycles. The van der Waals surface area contributed by atoms with Gasteiger partial charge in [-0.2, -0.15) is 0 Å². The number of guanidine groups is 1. The van der Waals surface area contributed by atoms with Crippen molar-refractivity contribution in [2.24, 2.45) is 11.5 Å². The van der Waals surface area contributed by atoms with Crippen LogP contribution in [0.15, 0.2) is 30.3 Å². The zero-order valence-electron chi connectivity index (χ0n) is 13.0. The molecule has 0 spiro atoms. The largest absolute Gasteiger partial charge is 0.480 e. The summed E-state index contributed by atoms with van der Waals surface area (Å²) in [5.74, 6) is -2.03. The predicted molar refractivity (Wildman–Crippen MR) is 91.9 cm³/mol. The Balaban J connectivity index is 2.55. The molecule has 1 amide bonds. The van der Waals surface area contributed by atoms with E-state index in [0.29, 0.717) is 6.42 Å². The third kappa shape index (κ3) is 7.30. The highest BCUT2D eigenvalue weighted by Crippen LogP contribution is 2.07. The molecule has 0 aliphatic carbocycles. The molecule has 0 bridgehead atoms. The van der Waals surface area contributed by atoms with E-state index < -0.39 is 29.3 Å². The van der Waals surface area contributed by atoms with Crippen molar-refractivity contribution in [2.45, 2.75) is 30.3 Å². The zero-order valence-corrected chi connectivity index (χ0v) is 13.8. The van der Waals surface area contributed by atoms with E-state index in [-0.39, 0.29) is 18.9 Å². The van der Waals surface area contributed by atoms with Gasteiger partial charge in [0.05, 0.1) is 11.4 Å². The van der Waals surface area contributed by atoms with Gasteiger partial charge in [-0.1, -0.05) is 30.3 Å². The van der Waals surface area contributed by atoms with Crippen LogP contribution in [-0.4, -0.2) is 46.9 Å². The Morgan fingerprint density at radius 3 is 2.46 bits per heavy atom. The standard InChI is InChI=1S/C15H22ClN5O3/c16-10(8-20-15(18)19)7-12(14(23)24)21-13(22)11(17)6-9-4-2-1-3-5-9/h1-5,10-12H,6-8,17H2,(H,21,22)(H,23,24)(H4,18,19,20)/t10?,11-,12-/m0/s1. The van der Waals surface area contributed by atoms with E-state index >= 15 is 0 Å². The maximum atomic E-state index is 12.1. The van der Waals surface area contributed by atoms with Gasteiger partial charge in [-0.15, -0.1) is 11.6 Å². The minimum Gasteiger partial charge on any atom is -0.480 e. The van der Waals surface area contributed by atoms with Crippen LogP contribution in [0, 0.1) is 5.41 Å². The smallest absolute Gasteiger partial charge is 0.326 e. The van der Waals surface area contributed by atoms with Crippen LogP contribution >= 0.6 is 11.6 Å². The summed E-state index contributed by atoms with van der Waals surface area (Å²) >= 11 is 6.00. The molecule has 132 valence electrons. The molecule has 8 nitrogen and oxygen atoms in total. The van der Waals surface area contributed by atoms with Crippen LogP contribution in [0.5, 0.6) is 0 Å². The number of rotatable bonds is 9. The average Bonchev–Trinajstić information content (AvgIpc) is 2.53. The molecule has 24 heavy (non-hydrogen) atoms. The van der Waals surface area contributed by atoms with E-state index in [1.54, 1.807) is 0 Å². The van der Waals surface area contributed by atoms with Crippen LogP contribution in [0.3, 0.4) is 0 Å². The van der Waals surface area contributed by atoms with Crippen molar-refractivity contribution in [3.63, 3.8) is 0 Å². The summed E-state index contributed by atoms with van der Waals surface area (Å²) in [6, 6.07) is 7.16. The number of carboxylic acids is 1. The van der Waals surface area contributed by atoms with Crippen molar-refractivity contribution in [2.75, 3.05) is 6.54 Å². The molecule has 0 saturated carbocycles. The minimum atomic E-state index is -1.20. The first-order valence-electron chi connectivity index (χ1n) is 7.34. The summed E-state index contributed by atoms with van der Waals surface area (Å²) in [6.07, 6.45) is 0.274. The van der Waals surface area contributed by atoms with Gasteiger partial charge in [0, 0.05) is 6.54 Å². The normalized spacial score (nSPS) is 14.2. The van der Waals surface area contributed by atoms with Crippen LogP contribution in [0.25, 0.3) is 0 Å². The number of hydrogen-bond donors (Lipinski definition) is 6. The van der Waals surface area contributed by atoms with E-state index in [1.807, 2.05) is 30.3 Å². The van der Waals surface area contributed by atoms with Crippen molar-refractivity contribution < 1.29 is 14.7 Å². The summed E-state index contributed by atoms with van der Waals surface area (Å²) in [5.41, 5.74) is 11.9. The summed E-state index contributed by atoms with van der Waals surface area (Å²) in [6.45, 7) is 0.118. The van der Waals surface area contributed by atoms with Gasteiger partial charge in [0.15, 0.2) is 5.96 Å². The summed E-state index contributed by atoms with van der Waals surface area (Å²) in [4.78, 5) is 23.4. The first kappa shape index (κ1) is 19.7. The van der Waals surface area contributed by atoms with Gasteiger partial charge in [0.1, 0.15) is 6.04 Å². The van der Waals surface area contributed by atoms with Gasteiger partial charge in [-0.05, 0) is 18.4 Å². The molecule has 0 heterocycles. The predicted octanol–water partition coefficient (Wildman–Crippen LogP) is -0.394. The Morgan fingerprint density at radius 1 is 1.29 bits per heavy atom. The molecular weight excluding hydrogens is 334 g/mol. The highest BCUT2D eigenvalue weighted by molar-refractivity contribution is 6.21. The van der Waals surface area contributed by atoms with E-state index in [0.717, 1.165) is 5.56 Å². The van der Waals surface area contributed by atoms with Crippen LogP contribution in [0.1, 0.15) is 12.0 Å². The third-order valence-electron chi connectivity index (χ3n) is 3.26. The lowest BCUT2D eigenvalue weighted by molar-refractivity contribution is -0.142. The molecule has 0 radical (unpaired) electrons. The Labute approximate surface area is 145 Å². The fraction of sp³-hybridized carbons (Fsp3) is 0.400. The molecule has 1 aromatic rings. The van der Waals surface area contributed by atoms with Crippen LogP contribution in [0.4, 0.5) is 0 Å². The number of carbonyl (C=O) groups is 2. The van der Waals surface area contributed by atoms with Gasteiger partial charge < -0.3 is 27.2 Å². The fourth-order valence-corrected chi connectivity index (χ4v) is 2.28. The molecule has 3 atom stereocenters. The lowest BCUT2D eigenvalue weighted by Crippen LogP contribution is -2.50. The number of nitrogens with one attached hydrogen (secondary N) is 3. The number of alkyl halides is 1. The SMILES string of the molecule is N=C(N)NCC(Cl)C[C@H](NC(=O)[C@@H](N)Cc1ccccc1)C(=O)O. The number of hydrogen-bond acceptors (Lipinski definition) is 4. The number of benzene rings is 1. The number of halogens is 1. The maximum absolute atomic E-state index is 12.1. The van der Waals surface area contributed by atoms with Crippen LogP contribution < -0.4 is 22.1 Å². The number of carboxylic acid groups (broad SMARTS) is 1. The van der Waals surface area contributed by atoms with Crippen molar-refractivity contribution in [3.8, 4) is 0 Å². The zero-order chi connectivity index (χ0) is 18.1. The highest BCUT2D eigenvalue weighted by Gasteiger charge is 2.25. The Bertz CT molecular complexity index is 569. The summed E-state index contributed by atoms with van der Waals surface area (Å²) < 4.78 is 0. The lowest BCUT2D eigenvalue weighted by atomic mass is 10.0. The van der Waals surface area contributed by atoms with E-state index in [2.05, 4.69) is 10.6 Å². The number of aliphatic carboxylic acids is 1. The first-order chi connectivity index (χ1) is 11.3. The second-order valence-corrected chi connectivity index (χ2v) is 5.94. The molecule has 0 saturated heterocycles. The maximum Gasteiger partial charge on any atom is 0.326 e. The van der Waals surface area contributed by atoms with Gasteiger partial charge in [0.2, 0.25) is 5.91 Å². The quantitative estimate of drug-likeness (QED) is 0.201. The Kier molecular flexibility index (Phi) is 8.00. The van der Waals surface area contributed by atoms with Gasteiger partial charge in [0.25, 0.3) is 0 Å². The van der Waals surface area contributed by atoms with Gasteiger partial charge in [-0.3, -0.25) is 10.2 Å². The molecule has 0 aliphatic rings. The second-order valence-electron chi connectivity index (χ2n) is 5.32. The minimum absolute atomic E-state index is 0.0268.